The highest BCUT2D eigenvalue weighted by atomic mass is 35.5. The number of carbonyl (C=O) groups excluding carboxylic acids is 4. The van der Waals surface area contributed by atoms with E-state index in [1.165, 1.54) is 30.3 Å². The predicted octanol–water partition coefficient (Wildman–Crippen LogP) is -0.834. The minimum absolute atomic E-state index is 0.119. The molecule has 1 unspecified atom stereocenters. The molecular weight excluding hydrogens is 382 g/mol. The number of aliphatic imine (C=N–C) groups is 1. The molecule has 12 heteroatoms. The fourth-order valence-corrected chi connectivity index (χ4v) is 2.14. The molecule has 2 amide bonds. The normalized spacial score (nSPS) is 16.9. The Hall–Kier alpha value is -2.08. The Morgan fingerprint density at radius 1 is 1.04 bits per heavy atom. The maximum absolute atomic E-state index is 11.3. The molecule has 1 atom stereocenters. The van der Waals surface area contributed by atoms with Crippen LogP contribution in [-0.4, -0.2) is 78.4 Å². The van der Waals surface area contributed by atoms with Crippen molar-refractivity contribution < 1.29 is 28.9 Å². The largest absolute Gasteiger partial charge is 0.353 e. The van der Waals surface area contributed by atoms with Gasteiger partial charge in [0.25, 0.3) is 0 Å². The van der Waals surface area contributed by atoms with Gasteiger partial charge in [0.05, 0.1) is 26.1 Å². The molecule has 0 aromatic heterocycles. The van der Waals surface area contributed by atoms with Crippen molar-refractivity contribution in [3.8, 4) is 0 Å². The first kappa shape index (κ1) is 23.0. The molecule has 0 saturated heterocycles. The van der Waals surface area contributed by atoms with Crippen LogP contribution in [0.3, 0.4) is 0 Å². The Kier molecular flexibility index (Phi) is 10.5. The number of Topliss-reactive ketones (excluding diaryl/α,β-unsaturated/α-hetero) is 2. The number of hydrogen-bond donors (Lipinski definition) is 2. The molecule has 0 aliphatic carbocycles. The van der Waals surface area contributed by atoms with Crippen molar-refractivity contribution >= 4 is 41.3 Å². The van der Waals surface area contributed by atoms with Gasteiger partial charge in [0.15, 0.2) is 0 Å². The van der Waals surface area contributed by atoms with E-state index in [2.05, 4.69) is 15.6 Å². The summed E-state index contributed by atoms with van der Waals surface area (Å²) >= 11 is 6.22. The number of carbonyl (C=O) groups is 4. The molecule has 27 heavy (non-hydrogen) atoms. The summed E-state index contributed by atoms with van der Waals surface area (Å²) in [7, 11) is 0. The van der Waals surface area contributed by atoms with E-state index in [1.807, 2.05) is 0 Å². The summed E-state index contributed by atoms with van der Waals surface area (Å²) in [5.41, 5.74) is -0.802. The third kappa shape index (κ3) is 9.99. The van der Waals surface area contributed by atoms with E-state index in [1.54, 1.807) is 0 Å². The third-order valence-electron chi connectivity index (χ3n) is 3.03. The monoisotopic (exact) mass is 405 g/mol. The van der Waals surface area contributed by atoms with Crippen molar-refractivity contribution in [1.29, 1.82) is 0 Å². The Morgan fingerprint density at radius 2 is 1.56 bits per heavy atom. The second kappa shape index (κ2) is 12.3. The molecule has 0 aromatic rings. The van der Waals surface area contributed by atoms with Crippen LogP contribution in [0, 0.1) is 0 Å². The molecule has 0 bridgehead atoms. The maximum atomic E-state index is 11.3. The van der Waals surface area contributed by atoms with Crippen molar-refractivity contribution in [2.24, 2.45) is 4.99 Å². The lowest BCUT2D eigenvalue weighted by Gasteiger charge is -2.34. The number of halogens is 1. The highest BCUT2D eigenvalue weighted by molar-refractivity contribution is 6.20. The first-order valence-corrected chi connectivity index (χ1v) is 8.70. The van der Waals surface area contributed by atoms with Gasteiger partial charge in [0, 0.05) is 13.1 Å². The van der Waals surface area contributed by atoms with Crippen LogP contribution in [0.15, 0.2) is 4.99 Å². The van der Waals surface area contributed by atoms with Crippen molar-refractivity contribution in [2.45, 2.75) is 32.3 Å². The Labute approximate surface area is 161 Å². The van der Waals surface area contributed by atoms with Crippen LogP contribution in [0.5, 0.6) is 0 Å². The van der Waals surface area contributed by atoms with Crippen LogP contribution < -0.4 is 10.6 Å². The summed E-state index contributed by atoms with van der Waals surface area (Å²) < 4.78 is 0. The summed E-state index contributed by atoms with van der Waals surface area (Å²) in [5, 5.41) is 7.67. The van der Waals surface area contributed by atoms with Gasteiger partial charge in [-0.25, -0.2) is 5.06 Å². The number of nitrogens with zero attached hydrogens (tertiary/aromatic N) is 3. The van der Waals surface area contributed by atoms with E-state index in [-0.39, 0.29) is 69.2 Å². The molecule has 0 radical (unpaired) electrons. The van der Waals surface area contributed by atoms with E-state index in [0.717, 1.165) is 0 Å². The molecule has 1 aliphatic heterocycles. The lowest BCUT2D eigenvalue weighted by atomic mass is 10.3. The van der Waals surface area contributed by atoms with Gasteiger partial charge < -0.3 is 10.6 Å². The average molecular weight is 406 g/mol. The quantitative estimate of drug-likeness (QED) is 0.186. The maximum Gasteiger partial charge on any atom is 0.227 e. The van der Waals surface area contributed by atoms with Gasteiger partial charge in [-0.1, -0.05) is 11.6 Å². The van der Waals surface area contributed by atoms with Crippen LogP contribution in [0.2, 0.25) is 0 Å². The van der Waals surface area contributed by atoms with Crippen molar-refractivity contribution in [3.63, 3.8) is 0 Å². The zero-order chi connectivity index (χ0) is 20.2. The zero-order valence-electron chi connectivity index (χ0n) is 15.3. The smallest absolute Gasteiger partial charge is 0.227 e. The highest BCUT2D eigenvalue weighted by Crippen LogP contribution is 2.14. The van der Waals surface area contributed by atoms with E-state index >= 15 is 0 Å². The van der Waals surface area contributed by atoms with Gasteiger partial charge >= 0.3 is 0 Å². The second-order valence-electron chi connectivity index (χ2n) is 5.65. The van der Waals surface area contributed by atoms with Crippen LogP contribution in [-0.2, 0) is 28.9 Å². The summed E-state index contributed by atoms with van der Waals surface area (Å²) in [6.45, 7) is 3.50. The van der Waals surface area contributed by atoms with Gasteiger partial charge in [-0.15, -0.1) is 5.06 Å². The Morgan fingerprint density at radius 3 is 2.07 bits per heavy atom. The number of nitrogens with one attached hydrogen (secondary N) is 2. The molecule has 1 heterocycles. The molecule has 0 fully saturated rings. The SMILES string of the molecule is CC(=O)CC(=O)NCCON1C=NCN(OCCNC(=O)CC(C)=O)C1Cl. The third-order valence-corrected chi connectivity index (χ3v) is 3.44. The highest BCUT2D eigenvalue weighted by Gasteiger charge is 2.26. The minimum Gasteiger partial charge on any atom is -0.353 e. The lowest BCUT2D eigenvalue weighted by molar-refractivity contribution is -0.247. The average Bonchev–Trinajstić information content (AvgIpc) is 2.56. The molecule has 0 aromatic carbocycles. The molecule has 1 aliphatic rings. The fraction of sp³-hybridized carbons (Fsp3) is 0.667. The number of amides is 2. The van der Waals surface area contributed by atoms with Crippen molar-refractivity contribution in [2.75, 3.05) is 33.0 Å². The van der Waals surface area contributed by atoms with Gasteiger partial charge in [-0.2, -0.15) is 0 Å². The molecule has 0 saturated carbocycles. The molecule has 11 nitrogen and oxygen atoms in total. The van der Waals surface area contributed by atoms with Gasteiger partial charge in [0.2, 0.25) is 17.4 Å². The standard InChI is InChI=1S/C15H24ClN5O6/c1-11(22)7-13(24)18-3-5-26-20-9-17-10-21(15(20)16)27-6-4-19-14(25)8-12(2)23/h9,15H,3-8,10H2,1-2H3,(H,18,24)(H,19,25). The van der Waals surface area contributed by atoms with Gasteiger partial charge in [-0.3, -0.25) is 33.8 Å². The topological polar surface area (TPSA) is 130 Å². The number of hydrogen-bond acceptors (Lipinski definition) is 9. The summed E-state index contributed by atoms with van der Waals surface area (Å²) in [5.74, 6) is -1.19. The fourth-order valence-electron chi connectivity index (χ4n) is 1.92. The van der Waals surface area contributed by atoms with Gasteiger partial charge in [-0.05, 0) is 13.8 Å². The first-order chi connectivity index (χ1) is 12.8. The van der Waals surface area contributed by atoms with Crippen molar-refractivity contribution in [3.05, 3.63) is 0 Å². The molecular formula is C15H24ClN5O6. The van der Waals surface area contributed by atoms with E-state index in [4.69, 9.17) is 21.3 Å². The Balaban J connectivity index is 2.24. The Bertz CT molecular complexity index is 573. The predicted molar refractivity (Wildman–Crippen MR) is 95.2 cm³/mol. The molecule has 152 valence electrons. The number of alkyl halides is 1. The number of ketones is 2. The van der Waals surface area contributed by atoms with Crippen molar-refractivity contribution in [1.82, 2.24) is 20.8 Å². The number of rotatable bonds is 12. The summed E-state index contributed by atoms with van der Waals surface area (Å²) in [4.78, 5) is 59.2. The lowest BCUT2D eigenvalue weighted by Crippen LogP contribution is -2.49. The van der Waals surface area contributed by atoms with Crippen LogP contribution in [0.25, 0.3) is 0 Å². The first-order valence-electron chi connectivity index (χ1n) is 8.26. The molecule has 1 rings (SSSR count). The van der Waals surface area contributed by atoms with Crippen LogP contribution >= 0.6 is 11.6 Å². The van der Waals surface area contributed by atoms with E-state index < -0.39 is 5.62 Å². The molecule has 2 N–H and O–H groups in total. The number of hydroxylamine groups is 4. The minimum atomic E-state index is -0.802. The van der Waals surface area contributed by atoms with Gasteiger partial charge in [0.1, 0.15) is 24.6 Å². The zero-order valence-corrected chi connectivity index (χ0v) is 16.0. The van der Waals surface area contributed by atoms with E-state index in [0.29, 0.717) is 0 Å². The van der Waals surface area contributed by atoms with Crippen LogP contribution in [0.1, 0.15) is 26.7 Å². The summed E-state index contributed by atoms with van der Waals surface area (Å²) in [6, 6.07) is 0. The second-order valence-corrected chi connectivity index (χ2v) is 6.04. The van der Waals surface area contributed by atoms with E-state index in [9.17, 15) is 19.2 Å². The molecule has 0 spiro atoms. The van der Waals surface area contributed by atoms with Crippen LogP contribution in [0.4, 0.5) is 0 Å². The summed E-state index contributed by atoms with van der Waals surface area (Å²) in [6.07, 6.45) is 1.05.